The van der Waals surface area contributed by atoms with Crippen molar-refractivity contribution in [1.29, 1.82) is 5.26 Å². The highest BCUT2D eigenvalue weighted by Crippen LogP contribution is 2.34. The molecule has 2 amide bonds. The topological polar surface area (TPSA) is 102 Å². The second-order valence-electron chi connectivity index (χ2n) is 5.95. The third kappa shape index (κ3) is 4.37. The summed E-state index contributed by atoms with van der Waals surface area (Å²) < 4.78 is 0. The van der Waals surface area contributed by atoms with E-state index in [2.05, 4.69) is 36.3 Å². The van der Waals surface area contributed by atoms with Gasteiger partial charge in [0.2, 0.25) is 5.91 Å². The van der Waals surface area contributed by atoms with Gasteiger partial charge in [-0.25, -0.2) is 4.79 Å². The van der Waals surface area contributed by atoms with Crippen molar-refractivity contribution in [3.8, 4) is 6.07 Å². The van der Waals surface area contributed by atoms with Crippen LogP contribution in [0.2, 0.25) is 25.7 Å². The molecule has 7 heteroatoms. The molecule has 100 valence electrons. The Balaban J connectivity index is 2.67. The van der Waals surface area contributed by atoms with Crippen LogP contribution in [0, 0.1) is 11.3 Å². The molecule has 0 aromatic heterocycles. The SMILES string of the molecule is C[Si](C)(C)C[C@H](NC(=O)O)C(=O)NC1(C#N)CC1. The van der Waals surface area contributed by atoms with Crippen LogP contribution in [0.3, 0.4) is 0 Å². The Morgan fingerprint density at radius 1 is 1.44 bits per heavy atom. The number of rotatable bonds is 5. The zero-order valence-corrected chi connectivity index (χ0v) is 11.9. The first-order valence-corrected chi connectivity index (χ1v) is 9.61. The van der Waals surface area contributed by atoms with Crippen molar-refractivity contribution in [1.82, 2.24) is 10.6 Å². The summed E-state index contributed by atoms with van der Waals surface area (Å²) in [6.45, 7) is 6.19. The lowest BCUT2D eigenvalue weighted by Gasteiger charge is -2.24. The Morgan fingerprint density at radius 2 is 2.00 bits per heavy atom. The fourth-order valence-corrected chi connectivity index (χ4v) is 3.20. The van der Waals surface area contributed by atoms with E-state index < -0.39 is 25.7 Å². The third-order valence-corrected chi connectivity index (χ3v) is 4.39. The van der Waals surface area contributed by atoms with Crippen LogP contribution in [0.1, 0.15) is 12.8 Å². The van der Waals surface area contributed by atoms with Gasteiger partial charge in [0, 0.05) is 8.07 Å². The average Bonchev–Trinajstić information content (AvgIpc) is 2.94. The Hall–Kier alpha value is -1.55. The number of nitriles is 1. The molecule has 18 heavy (non-hydrogen) atoms. The minimum absolute atomic E-state index is 0.390. The highest BCUT2D eigenvalue weighted by molar-refractivity contribution is 6.76. The third-order valence-electron chi connectivity index (χ3n) is 2.76. The second kappa shape index (κ2) is 4.98. The fraction of sp³-hybridized carbons (Fsp3) is 0.727. The van der Waals surface area contributed by atoms with Gasteiger partial charge in [-0.1, -0.05) is 19.6 Å². The van der Waals surface area contributed by atoms with E-state index in [0.29, 0.717) is 18.9 Å². The summed E-state index contributed by atoms with van der Waals surface area (Å²) in [6, 6.07) is 1.82. The maximum absolute atomic E-state index is 12.0. The summed E-state index contributed by atoms with van der Waals surface area (Å²) in [5.41, 5.74) is -0.755. The van der Waals surface area contributed by atoms with Crippen LogP contribution in [0.4, 0.5) is 4.79 Å². The molecule has 0 aliphatic heterocycles. The summed E-state index contributed by atoms with van der Waals surface area (Å²) in [4.78, 5) is 22.7. The zero-order chi connectivity index (χ0) is 14.0. The highest BCUT2D eigenvalue weighted by Gasteiger charge is 2.46. The quantitative estimate of drug-likeness (QED) is 0.651. The Morgan fingerprint density at radius 3 is 2.33 bits per heavy atom. The molecular weight excluding hydrogens is 250 g/mol. The fourth-order valence-electron chi connectivity index (χ4n) is 1.68. The number of carbonyl (C=O) groups is 2. The summed E-state index contributed by atoms with van der Waals surface area (Å²) in [5.74, 6) is -0.390. The molecule has 0 aromatic carbocycles. The van der Waals surface area contributed by atoms with Gasteiger partial charge >= 0.3 is 6.09 Å². The van der Waals surface area contributed by atoms with Crippen LogP contribution in [-0.2, 0) is 4.79 Å². The summed E-state index contributed by atoms with van der Waals surface area (Å²) >= 11 is 0. The standard InChI is InChI=1S/C11H19N3O3Si/c1-18(2,3)6-8(13-10(16)17)9(15)14-11(7-12)4-5-11/h8,13H,4-6H2,1-3H3,(H,14,15)(H,16,17)/t8-/m0/s1. The Labute approximate surface area is 107 Å². The van der Waals surface area contributed by atoms with Gasteiger partial charge in [0.1, 0.15) is 11.6 Å². The molecule has 0 bridgehead atoms. The van der Waals surface area contributed by atoms with E-state index in [-0.39, 0.29) is 5.91 Å². The van der Waals surface area contributed by atoms with Crippen molar-refractivity contribution in [2.24, 2.45) is 0 Å². The minimum Gasteiger partial charge on any atom is -0.465 e. The number of hydrogen-bond acceptors (Lipinski definition) is 3. The van der Waals surface area contributed by atoms with Crippen LogP contribution in [0.5, 0.6) is 0 Å². The molecule has 1 aliphatic carbocycles. The van der Waals surface area contributed by atoms with Gasteiger partial charge in [-0.15, -0.1) is 0 Å². The predicted molar refractivity (Wildman–Crippen MR) is 68.8 cm³/mol. The first kappa shape index (κ1) is 14.5. The molecule has 0 radical (unpaired) electrons. The molecule has 1 rings (SSSR count). The lowest BCUT2D eigenvalue weighted by atomic mass is 10.2. The van der Waals surface area contributed by atoms with E-state index in [1.807, 2.05) is 0 Å². The van der Waals surface area contributed by atoms with Gasteiger partial charge in [-0.05, 0) is 18.9 Å². The maximum Gasteiger partial charge on any atom is 0.405 e. The monoisotopic (exact) mass is 269 g/mol. The first-order valence-electron chi connectivity index (χ1n) is 5.90. The van der Waals surface area contributed by atoms with Crippen molar-refractivity contribution >= 4 is 20.1 Å². The molecule has 1 saturated carbocycles. The van der Waals surface area contributed by atoms with Gasteiger partial charge in [0.15, 0.2) is 0 Å². The van der Waals surface area contributed by atoms with E-state index in [1.54, 1.807) is 0 Å². The maximum atomic E-state index is 12.0. The first-order chi connectivity index (χ1) is 8.17. The average molecular weight is 269 g/mol. The molecule has 1 fully saturated rings. The number of hydrogen-bond donors (Lipinski definition) is 3. The van der Waals surface area contributed by atoms with Gasteiger partial charge in [0.25, 0.3) is 0 Å². The van der Waals surface area contributed by atoms with Crippen LogP contribution >= 0.6 is 0 Å². The van der Waals surface area contributed by atoms with Crippen LogP contribution < -0.4 is 10.6 Å². The van der Waals surface area contributed by atoms with E-state index in [0.717, 1.165) is 0 Å². The van der Waals surface area contributed by atoms with Crippen molar-refractivity contribution in [3.05, 3.63) is 0 Å². The normalized spacial score (nSPS) is 18.3. The van der Waals surface area contributed by atoms with E-state index >= 15 is 0 Å². The summed E-state index contributed by atoms with van der Waals surface area (Å²) in [5, 5.41) is 22.6. The predicted octanol–water partition coefficient (Wildman–Crippen LogP) is 1.13. The van der Waals surface area contributed by atoms with Gasteiger partial charge < -0.3 is 15.7 Å². The smallest absolute Gasteiger partial charge is 0.405 e. The van der Waals surface area contributed by atoms with Crippen molar-refractivity contribution < 1.29 is 14.7 Å². The minimum atomic E-state index is -1.58. The second-order valence-corrected chi connectivity index (χ2v) is 11.5. The molecule has 0 heterocycles. The Kier molecular flexibility index (Phi) is 4.01. The number of nitrogens with zero attached hydrogens (tertiary/aromatic N) is 1. The van der Waals surface area contributed by atoms with E-state index in [9.17, 15) is 9.59 Å². The molecule has 0 unspecified atom stereocenters. The molecule has 3 N–H and O–H groups in total. The van der Waals surface area contributed by atoms with Crippen molar-refractivity contribution in [2.75, 3.05) is 0 Å². The van der Waals surface area contributed by atoms with E-state index in [1.165, 1.54) is 0 Å². The van der Waals surface area contributed by atoms with Gasteiger partial charge in [-0.2, -0.15) is 5.26 Å². The molecule has 6 nitrogen and oxygen atoms in total. The number of nitrogens with one attached hydrogen (secondary N) is 2. The summed E-state index contributed by atoms with van der Waals surface area (Å²) in [7, 11) is -1.58. The molecule has 0 spiro atoms. The van der Waals surface area contributed by atoms with Crippen LogP contribution in [0.25, 0.3) is 0 Å². The number of amides is 2. The number of carbonyl (C=O) groups excluding carboxylic acids is 1. The molecule has 0 saturated heterocycles. The van der Waals surface area contributed by atoms with Crippen molar-refractivity contribution in [3.63, 3.8) is 0 Å². The molecule has 1 atom stereocenters. The van der Waals surface area contributed by atoms with Gasteiger partial charge in [0.05, 0.1) is 6.07 Å². The lowest BCUT2D eigenvalue weighted by Crippen LogP contribution is -2.52. The molecule has 0 aromatic rings. The zero-order valence-electron chi connectivity index (χ0n) is 10.9. The molecule has 1 aliphatic rings. The molecular formula is C11H19N3O3Si. The van der Waals surface area contributed by atoms with Crippen LogP contribution in [-0.4, -0.2) is 36.8 Å². The van der Waals surface area contributed by atoms with Gasteiger partial charge in [-0.3, -0.25) is 4.79 Å². The van der Waals surface area contributed by atoms with Crippen molar-refractivity contribution in [2.45, 2.75) is 50.1 Å². The summed E-state index contributed by atoms with van der Waals surface area (Å²) in [6.07, 6.45) is 0.0689. The van der Waals surface area contributed by atoms with E-state index in [4.69, 9.17) is 10.4 Å². The Bertz CT molecular complexity index is 393. The lowest BCUT2D eigenvalue weighted by molar-refractivity contribution is -0.123. The van der Waals surface area contributed by atoms with Crippen LogP contribution in [0.15, 0.2) is 0 Å². The largest absolute Gasteiger partial charge is 0.465 e. The number of carboxylic acid groups (broad SMARTS) is 1. The highest BCUT2D eigenvalue weighted by atomic mass is 28.3.